The summed E-state index contributed by atoms with van der Waals surface area (Å²) in [5.74, 6) is -1.39. The summed E-state index contributed by atoms with van der Waals surface area (Å²) in [5.41, 5.74) is 0. The SMILES string of the molecule is CN(C)C(=O)C(OP(=O)(O)O)=C(Cl)Br. The van der Waals surface area contributed by atoms with Crippen molar-refractivity contribution in [1.82, 2.24) is 4.90 Å². The first-order valence-electron chi connectivity index (χ1n) is 3.17. The van der Waals surface area contributed by atoms with Crippen LogP contribution in [0, 0.1) is 0 Å². The van der Waals surface area contributed by atoms with E-state index in [0.717, 1.165) is 4.90 Å². The minimum atomic E-state index is -4.79. The maximum atomic E-state index is 11.2. The molecule has 0 aliphatic heterocycles. The van der Waals surface area contributed by atoms with Crippen LogP contribution >= 0.6 is 35.4 Å². The Labute approximate surface area is 93.9 Å². The Morgan fingerprint density at radius 3 is 2.14 bits per heavy atom. The Balaban J connectivity index is 4.93. The van der Waals surface area contributed by atoms with Crippen molar-refractivity contribution in [3.63, 3.8) is 0 Å². The van der Waals surface area contributed by atoms with Gasteiger partial charge in [-0.05, 0) is 15.9 Å². The lowest BCUT2D eigenvalue weighted by molar-refractivity contribution is -0.127. The molecule has 0 aliphatic carbocycles. The fraction of sp³-hybridized carbons (Fsp3) is 0.400. The van der Waals surface area contributed by atoms with Crippen LogP contribution < -0.4 is 0 Å². The van der Waals surface area contributed by atoms with Gasteiger partial charge in [0.1, 0.15) is 3.94 Å². The summed E-state index contributed by atoms with van der Waals surface area (Å²) in [6, 6.07) is 0. The Kier molecular flexibility index (Phi) is 5.11. The minimum absolute atomic E-state index is 0.306. The zero-order valence-electron chi connectivity index (χ0n) is 7.27. The number of carbonyl (C=O) groups excluding carboxylic acids is 1. The number of phosphoric ester groups is 1. The van der Waals surface area contributed by atoms with Crippen LogP contribution in [0.2, 0.25) is 0 Å². The second-order valence-corrected chi connectivity index (χ2v) is 5.16. The molecule has 0 heterocycles. The molecule has 14 heavy (non-hydrogen) atoms. The molecule has 0 spiro atoms. The van der Waals surface area contributed by atoms with Gasteiger partial charge in [-0.2, -0.15) is 0 Å². The number of halogens is 2. The lowest BCUT2D eigenvalue weighted by atomic mass is 10.5. The third kappa shape index (κ3) is 4.97. The van der Waals surface area contributed by atoms with Crippen LogP contribution in [0.5, 0.6) is 0 Å². The fourth-order valence-electron chi connectivity index (χ4n) is 0.476. The average Bonchev–Trinajstić information content (AvgIpc) is 1.96. The van der Waals surface area contributed by atoms with Gasteiger partial charge in [-0.3, -0.25) is 14.6 Å². The van der Waals surface area contributed by atoms with Crippen LogP contribution in [0.3, 0.4) is 0 Å². The smallest absolute Gasteiger partial charge is 0.396 e. The number of rotatable bonds is 3. The molecule has 82 valence electrons. The normalized spacial score (nSPS) is 13.3. The summed E-state index contributed by atoms with van der Waals surface area (Å²) in [5, 5.41) is 0. The van der Waals surface area contributed by atoms with Gasteiger partial charge in [0.25, 0.3) is 5.91 Å². The first-order chi connectivity index (χ1) is 6.15. The van der Waals surface area contributed by atoms with Gasteiger partial charge in [0.2, 0.25) is 5.76 Å². The summed E-state index contributed by atoms with van der Waals surface area (Å²) in [6.07, 6.45) is 0. The maximum Gasteiger partial charge on any atom is 0.525 e. The summed E-state index contributed by atoms with van der Waals surface area (Å²) < 4.78 is 14.3. The summed E-state index contributed by atoms with van der Waals surface area (Å²) in [6.45, 7) is 0. The van der Waals surface area contributed by atoms with Crippen molar-refractivity contribution < 1.29 is 23.7 Å². The van der Waals surface area contributed by atoms with E-state index < -0.39 is 19.5 Å². The Bertz CT molecular complexity index is 307. The third-order valence-corrected chi connectivity index (χ3v) is 1.93. The van der Waals surface area contributed by atoms with Gasteiger partial charge < -0.3 is 9.42 Å². The lowest BCUT2D eigenvalue weighted by Crippen LogP contribution is -2.24. The standard InChI is InChI=1S/C5H8BrClNO5P/c1-8(2)5(9)3(4(6)7)13-14(10,11)12/h1-2H3,(H2,10,11,12). The highest BCUT2D eigenvalue weighted by Gasteiger charge is 2.26. The van der Waals surface area contributed by atoms with Crippen LogP contribution in [-0.4, -0.2) is 34.7 Å². The van der Waals surface area contributed by atoms with Crippen molar-refractivity contribution in [2.45, 2.75) is 0 Å². The predicted molar refractivity (Wildman–Crippen MR) is 53.6 cm³/mol. The molecule has 0 aromatic heterocycles. The fourth-order valence-corrected chi connectivity index (χ4v) is 1.43. The largest absolute Gasteiger partial charge is 0.525 e. The molecule has 0 aromatic rings. The van der Waals surface area contributed by atoms with Gasteiger partial charge in [-0.25, -0.2) is 4.57 Å². The van der Waals surface area contributed by atoms with E-state index in [1.54, 1.807) is 0 Å². The molecule has 1 amide bonds. The monoisotopic (exact) mass is 307 g/mol. The molecule has 0 saturated heterocycles. The van der Waals surface area contributed by atoms with E-state index >= 15 is 0 Å². The van der Waals surface area contributed by atoms with Crippen molar-refractivity contribution in [3.05, 3.63) is 9.70 Å². The molecular formula is C5H8BrClNO5P. The number of carbonyl (C=O) groups is 1. The van der Waals surface area contributed by atoms with Gasteiger partial charge in [-0.1, -0.05) is 11.6 Å². The van der Waals surface area contributed by atoms with Gasteiger partial charge in [0.15, 0.2) is 0 Å². The first-order valence-corrected chi connectivity index (χ1v) is 5.87. The lowest BCUT2D eigenvalue weighted by Gasteiger charge is -2.14. The van der Waals surface area contributed by atoms with Gasteiger partial charge >= 0.3 is 7.82 Å². The third-order valence-electron chi connectivity index (χ3n) is 0.982. The molecule has 0 aromatic carbocycles. The van der Waals surface area contributed by atoms with Crippen LogP contribution in [0.1, 0.15) is 0 Å². The summed E-state index contributed by atoms with van der Waals surface area (Å²) in [4.78, 5) is 29.3. The molecule has 0 radical (unpaired) electrons. The molecular weight excluding hydrogens is 300 g/mol. The quantitative estimate of drug-likeness (QED) is 0.461. The van der Waals surface area contributed by atoms with Crippen molar-refractivity contribution in [2.24, 2.45) is 0 Å². The predicted octanol–water partition coefficient (Wildman–Crippen LogP) is 0.987. The van der Waals surface area contributed by atoms with Crippen molar-refractivity contribution in [1.29, 1.82) is 0 Å². The highest BCUT2D eigenvalue weighted by atomic mass is 79.9. The van der Waals surface area contributed by atoms with E-state index in [9.17, 15) is 9.36 Å². The molecule has 0 fully saturated rings. The summed E-state index contributed by atoms with van der Waals surface area (Å²) in [7, 11) is -2.01. The van der Waals surface area contributed by atoms with Crippen molar-refractivity contribution in [3.8, 4) is 0 Å². The van der Waals surface area contributed by atoms with Crippen molar-refractivity contribution >= 4 is 41.3 Å². The Morgan fingerprint density at radius 2 is 1.93 bits per heavy atom. The van der Waals surface area contributed by atoms with E-state index in [-0.39, 0.29) is 3.94 Å². The number of hydrogen-bond donors (Lipinski definition) is 2. The van der Waals surface area contributed by atoms with Crippen molar-refractivity contribution in [2.75, 3.05) is 14.1 Å². The molecule has 0 bridgehead atoms. The highest BCUT2D eigenvalue weighted by molar-refractivity contribution is 9.12. The minimum Gasteiger partial charge on any atom is -0.396 e. The zero-order valence-corrected chi connectivity index (χ0v) is 10.5. The van der Waals surface area contributed by atoms with Gasteiger partial charge in [0.05, 0.1) is 0 Å². The molecule has 0 aliphatic rings. The molecule has 0 atom stereocenters. The Hall–Kier alpha value is -0.0700. The Morgan fingerprint density at radius 1 is 1.50 bits per heavy atom. The van der Waals surface area contributed by atoms with E-state index in [1.165, 1.54) is 14.1 Å². The topological polar surface area (TPSA) is 87.1 Å². The first kappa shape index (κ1) is 13.9. The number of likely N-dealkylation sites (N-methyl/N-ethyl adjacent to an activating group) is 1. The highest BCUT2D eigenvalue weighted by Crippen LogP contribution is 2.41. The maximum absolute atomic E-state index is 11.2. The average molecular weight is 308 g/mol. The van der Waals surface area contributed by atoms with Crippen LogP contribution in [0.15, 0.2) is 9.70 Å². The van der Waals surface area contributed by atoms with Gasteiger partial charge in [-0.15, -0.1) is 0 Å². The molecule has 6 nitrogen and oxygen atoms in total. The number of nitrogens with zero attached hydrogens (tertiary/aromatic N) is 1. The molecule has 2 N–H and O–H groups in total. The zero-order chi connectivity index (χ0) is 11.5. The van der Waals surface area contributed by atoms with E-state index in [4.69, 9.17) is 21.4 Å². The van der Waals surface area contributed by atoms with E-state index in [2.05, 4.69) is 20.5 Å². The second-order valence-electron chi connectivity index (χ2n) is 2.37. The van der Waals surface area contributed by atoms with Crippen LogP contribution in [-0.2, 0) is 13.9 Å². The molecule has 0 saturated carbocycles. The van der Waals surface area contributed by atoms with Crippen LogP contribution in [0.4, 0.5) is 0 Å². The second kappa shape index (κ2) is 5.14. The molecule has 9 heteroatoms. The number of phosphoric acid groups is 1. The number of hydrogen-bond acceptors (Lipinski definition) is 3. The van der Waals surface area contributed by atoms with E-state index in [0.29, 0.717) is 0 Å². The van der Waals surface area contributed by atoms with Gasteiger partial charge in [0, 0.05) is 14.1 Å². The van der Waals surface area contributed by atoms with E-state index in [1.807, 2.05) is 0 Å². The summed E-state index contributed by atoms with van der Waals surface area (Å²) >= 11 is 8.06. The van der Waals surface area contributed by atoms with Crippen LogP contribution in [0.25, 0.3) is 0 Å². The number of amides is 1. The molecule has 0 rings (SSSR count). The molecule has 0 unspecified atom stereocenters.